The Hall–Kier alpha value is -1.10. The van der Waals surface area contributed by atoms with E-state index in [4.69, 9.17) is 17.3 Å². The van der Waals surface area contributed by atoms with Crippen LogP contribution in [0, 0.1) is 0 Å². The lowest BCUT2D eigenvalue weighted by Crippen LogP contribution is -2.31. The zero-order valence-electron chi connectivity index (χ0n) is 7.78. The number of rotatable bonds is 1. The van der Waals surface area contributed by atoms with Gasteiger partial charge in [0, 0.05) is 13.1 Å². The number of hydrogen-bond acceptors (Lipinski definition) is 5. The second-order valence-electron chi connectivity index (χ2n) is 3.31. The van der Waals surface area contributed by atoms with Gasteiger partial charge in [-0.3, -0.25) is 0 Å². The van der Waals surface area contributed by atoms with Crippen molar-refractivity contribution in [3.63, 3.8) is 0 Å². The van der Waals surface area contributed by atoms with Gasteiger partial charge in [-0.2, -0.15) is 15.0 Å². The summed E-state index contributed by atoms with van der Waals surface area (Å²) in [5.74, 6) is 0.785. The van der Waals surface area contributed by atoms with E-state index in [9.17, 15) is 0 Å². The first-order chi connectivity index (χ1) is 6.75. The Bertz CT molecular complexity index is 303. The van der Waals surface area contributed by atoms with E-state index in [-0.39, 0.29) is 11.2 Å². The fourth-order valence-corrected chi connectivity index (χ4v) is 1.75. The molecule has 6 heteroatoms. The van der Waals surface area contributed by atoms with Crippen molar-refractivity contribution < 1.29 is 0 Å². The Morgan fingerprint density at radius 3 is 2.43 bits per heavy atom. The van der Waals surface area contributed by atoms with Crippen molar-refractivity contribution in [2.24, 2.45) is 0 Å². The van der Waals surface area contributed by atoms with E-state index in [1.165, 1.54) is 19.3 Å². The van der Waals surface area contributed by atoms with Gasteiger partial charge < -0.3 is 10.6 Å². The molecular formula is C8H12ClN5. The molecule has 1 aromatic heterocycles. The molecule has 2 rings (SSSR count). The lowest BCUT2D eigenvalue weighted by atomic mass is 10.1. The van der Waals surface area contributed by atoms with Crippen LogP contribution in [0.25, 0.3) is 0 Å². The van der Waals surface area contributed by atoms with E-state index in [2.05, 4.69) is 19.9 Å². The number of nitrogens with two attached hydrogens (primary N) is 1. The molecule has 1 aliphatic heterocycles. The van der Waals surface area contributed by atoms with Gasteiger partial charge in [0.2, 0.25) is 17.2 Å². The summed E-state index contributed by atoms with van der Waals surface area (Å²) in [6, 6.07) is 0. The fraction of sp³-hybridized carbons (Fsp3) is 0.625. The summed E-state index contributed by atoms with van der Waals surface area (Å²) in [4.78, 5) is 13.9. The molecule has 0 amide bonds. The molecule has 1 saturated heterocycles. The Morgan fingerprint density at radius 1 is 1.07 bits per heavy atom. The highest BCUT2D eigenvalue weighted by molar-refractivity contribution is 6.28. The molecule has 76 valence electrons. The largest absolute Gasteiger partial charge is 0.368 e. The van der Waals surface area contributed by atoms with E-state index in [0.717, 1.165) is 13.1 Å². The average Bonchev–Trinajstić information content (AvgIpc) is 2.18. The standard InChI is InChI=1S/C8H12ClN5/c9-6-11-7(10)13-8(12-6)14-4-2-1-3-5-14/h1-5H2,(H2,10,11,12,13). The highest BCUT2D eigenvalue weighted by atomic mass is 35.5. The van der Waals surface area contributed by atoms with Crippen LogP contribution in [0.5, 0.6) is 0 Å². The third-order valence-corrected chi connectivity index (χ3v) is 2.42. The number of nitrogens with zero attached hydrogens (tertiary/aromatic N) is 4. The predicted octanol–water partition coefficient (Wildman–Crippen LogP) is 1.10. The first-order valence-corrected chi connectivity index (χ1v) is 5.05. The van der Waals surface area contributed by atoms with Crippen molar-refractivity contribution in [3.05, 3.63) is 5.28 Å². The number of nitrogen functional groups attached to an aromatic ring is 1. The van der Waals surface area contributed by atoms with E-state index in [1.807, 2.05) is 0 Å². The maximum absolute atomic E-state index is 5.70. The minimum absolute atomic E-state index is 0.165. The lowest BCUT2D eigenvalue weighted by molar-refractivity contribution is 0.567. The smallest absolute Gasteiger partial charge is 0.231 e. The molecule has 1 aliphatic rings. The van der Waals surface area contributed by atoms with E-state index in [1.54, 1.807) is 0 Å². The lowest BCUT2D eigenvalue weighted by Gasteiger charge is -2.26. The van der Waals surface area contributed by atoms with E-state index < -0.39 is 0 Å². The van der Waals surface area contributed by atoms with Crippen LogP contribution in [-0.4, -0.2) is 28.0 Å². The number of aromatic nitrogens is 3. The van der Waals surface area contributed by atoms with Crippen LogP contribution in [0.15, 0.2) is 0 Å². The van der Waals surface area contributed by atoms with Gasteiger partial charge in [-0.1, -0.05) is 0 Å². The highest BCUT2D eigenvalue weighted by Gasteiger charge is 2.14. The Morgan fingerprint density at radius 2 is 1.79 bits per heavy atom. The van der Waals surface area contributed by atoms with Crippen molar-refractivity contribution in [1.82, 2.24) is 15.0 Å². The molecule has 0 spiro atoms. The van der Waals surface area contributed by atoms with Gasteiger partial charge in [-0.05, 0) is 30.9 Å². The molecule has 0 unspecified atom stereocenters. The number of piperidine rings is 1. The third kappa shape index (κ3) is 2.04. The van der Waals surface area contributed by atoms with Gasteiger partial charge >= 0.3 is 0 Å². The maximum atomic E-state index is 5.70. The predicted molar refractivity (Wildman–Crippen MR) is 55.3 cm³/mol. The first kappa shape index (κ1) is 9.45. The third-order valence-electron chi connectivity index (χ3n) is 2.25. The molecule has 2 N–H and O–H groups in total. The van der Waals surface area contributed by atoms with Crippen molar-refractivity contribution >= 4 is 23.5 Å². The topological polar surface area (TPSA) is 67.9 Å². The molecule has 0 radical (unpaired) electrons. The van der Waals surface area contributed by atoms with E-state index >= 15 is 0 Å². The number of halogens is 1. The summed E-state index contributed by atoms with van der Waals surface area (Å²) in [5, 5.41) is 0.165. The molecule has 14 heavy (non-hydrogen) atoms. The summed E-state index contributed by atoms with van der Waals surface area (Å²) in [7, 11) is 0. The summed E-state index contributed by atoms with van der Waals surface area (Å²) < 4.78 is 0. The first-order valence-electron chi connectivity index (χ1n) is 4.68. The van der Waals surface area contributed by atoms with Crippen molar-refractivity contribution in [2.75, 3.05) is 23.7 Å². The van der Waals surface area contributed by atoms with Crippen molar-refractivity contribution in [1.29, 1.82) is 0 Å². The quantitative estimate of drug-likeness (QED) is 0.757. The molecule has 1 aromatic rings. The van der Waals surface area contributed by atoms with Crippen LogP contribution in [0.4, 0.5) is 11.9 Å². The highest BCUT2D eigenvalue weighted by Crippen LogP contribution is 2.17. The van der Waals surface area contributed by atoms with Gasteiger partial charge in [0.05, 0.1) is 0 Å². The van der Waals surface area contributed by atoms with Crippen LogP contribution in [-0.2, 0) is 0 Å². The molecule has 2 heterocycles. The Balaban J connectivity index is 2.21. The molecule has 0 aliphatic carbocycles. The Labute approximate surface area is 87.3 Å². The molecule has 0 saturated carbocycles. The van der Waals surface area contributed by atoms with Crippen LogP contribution < -0.4 is 10.6 Å². The zero-order valence-corrected chi connectivity index (χ0v) is 8.54. The molecule has 0 bridgehead atoms. The van der Waals surface area contributed by atoms with Crippen molar-refractivity contribution in [3.8, 4) is 0 Å². The molecule has 0 aromatic carbocycles. The number of hydrogen-bond donors (Lipinski definition) is 1. The van der Waals surface area contributed by atoms with Crippen molar-refractivity contribution in [2.45, 2.75) is 19.3 Å². The van der Waals surface area contributed by atoms with Crippen LogP contribution in [0.2, 0.25) is 5.28 Å². The van der Waals surface area contributed by atoms with Gasteiger partial charge in [0.25, 0.3) is 0 Å². The summed E-state index contributed by atoms with van der Waals surface area (Å²) in [6.45, 7) is 1.94. The summed E-state index contributed by atoms with van der Waals surface area (Å²) in [5.41, 5.74) is 5.49. The number of anilines is 2. The monoisotopic (exact) mass is 213 g/mol. The summed E-state index contributed by atoms with van der Waals surface area (Å²) in [6.07, 6.45) is 3.61. The second-order valence-corrected chi connectivity index (χ2v) is 3.65. The van der Waals surface area contributed by atoms with Gasteiger partial charge in [0.15, 0.2) is 0 Å². The van der Waals surface area contributed by atoms with Gasteiger partial charge in [0.1, 0.15) is 0 Å². The average molecular weight is 214 g/mol. The molecular weight excluding hydrogens is 202 g/mol. The molecule has 1 fully saturated rings. The van der Waals surface area contributed by atoms with Crippen LogP contribution in [0.3, 0.4) is 0 Å². The minimum atomic E-state index is 0.165. The van der Waals surface area contributed by atoms with Crippen LogP contribution in [0.1, 0.15) is 19.3 Å². The summed E-state index contributed by atoms with van der Waals surface area (Å²) >= 11 is 5.70. The van der Waals surface area contributed by atoms with Gasteiger partial charge in [-0.25, -0.2) is 0 Å². The SMILES string of the molecule is Nc1nc(Cl)nc(N2CCCCC2)n1. The molecule has 0 atom stereocenters. The molecule has 5 nitrogen and oxygen atoms in total. The van der Waals surface area contributed by atoms with Gasteiger partial charge in [-0.15, -0.1) is 0 Å². The van der Waals surface area contributed by atoms with Crippen LogP contribution >= 0.6 is 11.6 Å². The minimum Gasteiger partial charge on any atom is -0.368 e. The normalized spacial score (nSPS) is 17.1. The Kier molecular flexibility index (Phi) is 2.67. The zero-order chi connectivity index (χ0) is 9.97. The van der Waals surface area contributed by atoms with E-state index in [0.29, 0.717) is 5.95 Å². The second kappa shape index (κ2) is 3.96. The fourth-order valence-electron chi connectivity index (χ4n) is 1.59. The maximum Gasteiger partial charge on any atom is 0.231 e.